The maximum absolute atomic E-state index is 12.3. The van der Waals surface area contributed by atoms with Gasteiger partial charge in [-0.1, -0.05) is 19.0 Å². The second-order valence-corrected chi connectivity index (χ2v) is 7.55. The molecule has 8 nitrogen and oxygen atoms in total. The highest BCUT2D eigenvalue weighted by molar-refractivity contribution is 5.79. The molecule has 0 spiro atoms. The largest absolute Gasteiger partial charge is 0.352 e. The van der Waals surface area contributed by atoms with Crippen LogP contribution in [0.3, 0.4) is 0 Å². The lowest BCUT2D eigenvalue weighted by Gasteiger charge is -2.34. The molecule has 0 atom stereocenters. The average molecular weight is 363 g/mol. The first kappa shape index (κ1) is 18.8. The molecular weight excluding hydrogens is 334 g/mol. The fraction of sp³-hybridized carbons (Fsp3) is 0.778. The second kappa shape index (κ2) is 8.62. The maximum atomic E-state index is 12.3. The van der Waals surface area contributed by atoms with Crippen molar-refractivity contribution < 1.29 is 14.1 Å². The molecular formula is C18H29N5O3. The Labute approximate surface area is 154 Å². The molecule has 2 heterocycles. The van der Waals surface area contributed by atoms with Crippen molar-refractivity contribution in [1.29, 1.82) is 0 Å². The van der Waals surface area contributed by atoms with Crippen LogP contribution in [0.2, 0.25) is 0 Å². The standard InChI is InChI=1S/C18H29N5O3/c1-13(2)18-20-16(26-21-18)4-3-5-17(25)23-10-8-22(9-11-23)12-15(24)19-14-6-7-14/h13-14H,3-12H2,1-2H3,(H,19,24). The molecule has 1 N–H and O–H groups in total. The van der Waals surface area contributed by atoms with Gasteiger partial charge in [-0.15, -0.1) is 0 Å². The van der Waals surface area contributed by atoms with Crippen molar-refractivity contribution in [2.45, 2.75) is 57.9 Å². The van der Waals surface area contributed by atoms with E-state index in [1.54, 1.807) is 0 Å². The van der Waals surface area contributed by atoms with E-state index in [0.29, 0.717) is 56.7 Å². The maximum Gasteiger partial charge on any atom is 0.234 e. The van der Waals surface area contributed by atoms with Gasteiger partial charge in [-0.3, -0.25) is 14.5 Å². The molecule has 2 aliphatic rings. The zero-order chi connectivity index (χ0) is 18.5. The Morgan fingerprint density at radius 3 is 2.58 bits per heavy atom. The predicted molar refractivity (Wildman–Crippen MR) is 95.5 cm³/mol. The number of hydrogen-bond donors (Lipinski definition) is 1. The Kier molecular flexibility index (Phi) is 6.24. The van der Waals surface area contributed by atoms with Gasteiger partial charge in [-0.25, -0.2) is 0 Å². The summed E-state index contributed by atoms with van der Waals surface area (Å²) >= 11 is 0. The Bertz CT molecular complexity index is 618. The lowest BCUT2D eigenvalue weighted by Crippen LogP contribution is -2.51. The van der Waals surface area contributed by atoms with Crippen molar-refractivity contribution in [3.8, 4) is 0 Å². The first-order valence-corrected chi connectivity index (χ1v) is 9.63. The molecule has 8 heteroatoms. The number of rotatable bonds is 8. The van der Waals surface area contributed by atoms with E-state index in [9.17, 15) is 9.59 Å². The molecule has 0 radical (unpaired) electrons. The molecule has 26 heavy (non-hydrogen) atoms. The van der Waals surface area contributed by atoms with Gasteiger partial charge in [-0.2, -0.15) is 4.98 Å². The zero-order valence-corrected chi connectivity index (χ0v) is 15.7. The van der Waals surface area contributed by atoms with Gasteiger partial charge in [0.15, 0.2) is 5.82 Å². The van der Waals surface area contributed by atoms with Gasteiger partial charge in [0.25, 0.3) is 0 Å². The third-order valence-electron chi connectivity index (χ3n) is 4.82. The monoisotopic (exact) mass is 363 g/mol. The third kappa shape index (κ3) is 5.52. The summed E-state index contributed by atoms with van der Waals surface area (Å²) in [5.74, 6) is 1.83. The van der Waals surface area contributed by atoms with Crippen LogP contribution >= 0.6 is 0 Å². The van der Waals surface area contributed by atoms with Crippen molar-refractivity contribution in [3.05, 3.63) is 11.7 Å². The fourth-order valence-corrected chi connectivity index (χ4v) is 3.01. The first-order valence-electron chi connectivity index (χ1n) is 9.63. The normalized spacial score (nSPS) is 18.3. The van der Waals surface area contributed by atoms with Crippen LogP contribution < -0.4 is 5.32 Å². The summed E-state index contributed by atoms with van der Waals surface area (Å²) in [5.41, 5.74) is 0. The van der Waals surface area contributed by atoms with Crippen molar-refractivity contribution in [2.75, 3.05) is 32.7 Å². The van der Waals surface area contributed by atoms with Crippen LogP contribution in [-0.2, 0) is 16.0 Å². The number of aryl methyl sites for hydroxylation is 1. The SMILES string of the molecule is CC(C)c1noc(CCCC(=O)N2CCN(CC(=O)NC3CC3)CC2)n1. The van der Waals surface area contributed by atoms with Crippen LogP contribution in [0, 0.1) is 0 Å². The van der Waals surface area contributed by atoms with Gasteiger partial charge in [0, 0.05) is 51.0 Å². The molecule has 3 rings (SSSR count). The quantitative estimate of drug-likeness (QED) is 0.739. The molecule has 2 amide bonds. The highest BCUT2D eigenvalue weighted by Crippen LogP contribution is 2.18. The van der Waals surface area contributed by atoms with E-state index < -0.39 is 0 Å². The number of amides is 2. The van der Waals surface area contributed by atoms with Crippen molar-refractivity contribution in [2.24, 2.45) is 0 Å². The highest BCUT2D eigenvalue weighted by atomic mass is 16.5. The molecule has 0 aromatic carbocycles. The minimum atomic E-state index is 0.104. The Hall–Kier alpha value is -1.96. The van der Waals surface area contributed by atoms with Crippen LogP contribution in [0.25, 0.3) is 0 Å². The molecule has 1 aliphatic heterocycles. The fourth-order valence-electron chi connectivity index (χ4n) is 3.01. The predicted octanol–water partition coefficient (Wildman–Crippen LogP) is 0.939. The summed E-state index contributed by atoms with van der Waals surface area (Å²) in [6.07, 6.45) is 4.05. The molecule has 0 bridgehead atoms. The van der Waals surface area contributed by atoms with Crippen LogP contribution in [-0.4, -0.2) is 70.5 Å². The molecule has 1 saturated heterocycles. The number of piperazine rings is 1. The average Bonchev–Trinajstić information content (AvgIpc) is 3.28. The van der Waals surface area contributed by atoms with Crippen molar-refractivity contribution in [1.82, 2.24) is 25.3 Å². The van der Waals surface area contributed by atoms with Crippen molar-refractivity contribution in [3.63, 3.8) is 0 Å². The third-order valence-corrected chi connectivity index (χ3v) is 4.82. The van der Waals surface area contributed by atoms with Crippen LogP contribution in [0.1, 0.15) is 57.2 Å². The number of nitrogens with one attached hydrogen (secondary N) is 1. The van der Waals surface area contributed by atoms with Crippen LogP contribution in [0.4, 0.5) is 0 Å². The molecule has 1 aromatic rings. The lowest BCUT2D eigenvalue weighted by atomic mass is 10.2. The minimum Gasteiger partial charge on any atom is -0.352 e. The van der Waals surface area contributed by atoms with Gasteiger partial charge in [-0.05, 0) is 19.3 Å². The topological polar surface area (TPSA) is 91.6 Å². The van der Waals surface area contributed by atoms with Gasteiger partial charge in [0.1, 0.15) is 0 Å². The van der Waals surface area contributed by atoms with E-state index in [2.05, 4.69) is 20.4 Å². The molecule has 0 unspecified atom stereocenters. The van der Waals surface area contributed by atoms with E-state index in [1.165, 1.54) is 0 Å². The zero-order valence-electron chi connectivity index (χ0n) is 15.7. The van der Waals surface area contributed by atoms with Gasteiger partial charge < -0.3 is 14.7 Å². The highest BCUT2D eigenvalue weighted by Gasteiger charge is 2.26. The smallest absolute Gasteiger partial charge is 0.234 e. The van der Waals surface area contributed by atoms with Gasteiger partial charge in [0.05, 0.1) is 6.54 Å². The lowest BCUT2D eigenvalue weighted by molar-refractivity contribution is -0.133. The van der Waals surface area contributed by atoms with Gasteiger partial charge >= 0.3 is 0 Å². The summed E-state index contributed by atoms with van der Waals surface area (Å²) < 4.78 is 5.21. The number of hydrogen-bond acceptors (Lipinski definition) is 6. The Morgan fingerprint density at radius 2 is 1.96 bits per heavy atom. The van der Waals surface area contributed by atoms with Crippen molar-refractivity contribution >= 4 is 11.8 Å². The van der Waals surface area contributed by atoms with Crippen LogP contribution in [0.15, 0.2) is 4.52 Å². The Balaban J connectivity index is 1.32. The summed E-state index contributed by atoms with van der Waals surface area (Å²) in [5, 5.41) is 6.94. The second-order valence-electron chi connectivity index (χ2n) is 7.55. The molecule has 144 valence electrons. The summed E-state index contributed by atoms with van der Waals surface area (Å²) in [6, 6.07) is 0.404. The first-order chi connectivity index (χ1) is 12.5. The number of carbonyl (C=O) groups excluding carboxylic acids is 2. The number of carbonyl (C=O) groups is 2. The number of nitrogens with zero attached hydrogens (tertiary/aromatic N) is 4. The molecule has 2 fully saturated rings. The van der Waals surface area contributed by atoms with E-state index in [1.807, 2.05) is 18.7 Å². The summed E-state index contributed by atoms with van der Waals surface area (Å²) in [6.45, 7) is 7.37. The molecule has 1 aromatic heterocycles. The minimum absolute atomic E-state index is 0.104. The van der Waals surface area contributed by atoms with E-state index in [-0.39, 0.29) is 17.7 Å². The van der Waals surface area contributed by atoms with E-state index >= 15 is 0 Å². The Morgan fingerprint density at radius 1 is 1.23 bits per heavy atom. The number of aromatic nitrogens is 2. The van der Waals surface area contributed by atoms with E-state index in [0.717, 1.165) is 25.9 Å². The van der Waals surface area contributed by atoms with E-state index in [4.69, 9.17) is 4.52 Å². The molecule has 1 aliphatic carbocycles. The molecule has 1 saturated carbocycles. The summed E-state index contributed by atoms with van der Waals surface area (Å²) in [4.78, 5) is 32.5. The van der Waals surface area contributed by atoms with Gasteiger partial charge in [0.2, 0.25) is 17.7 Å². The summed E-state index contributed by atoms with van der Waals surface area (Å²) in [7, 11) is 0. The van der Waals surface area contributed by atoms with Crippen LogP contribution in [0.5, 0.6) is 0 Å².